The minimum Gasteiger partial charge on any atom is -0.494 e. The van der Waals surface area contributed by atoms with Gasteiger partial charge in [0.05, 0.1) is 29.1 Å². The van der Waals surface area contributed by atoms with Crippen molar-refractivity contribution in [2.75, 3.05) is 18.2 Å². The molecule has 2 rings (SSSR count). The highest BCUT2D eigenvalue weighted by Gasteiger charge is 2.12. The van der Waals surface area contributed by atoms with Gasteiger partial charge in [-0.1, -0.05) is 0 Å². The second-order valence-corrected chi connectivity index (χ2v) is 5.83. The van der Waals surface area contributed by atoms with Gasteiger partial charge in [-0.25, -0.2) is 17.9 Å². The predicted octanol–water partition coefficient (Wildman–Crippen LogP) is 1.81. The predicted molar refractivity (Wildman–Crippen MR) is 78.5 cm³/mol. The highest BCUT2D eigenvalue weighted by Crippen LogP contribution is 2.31. The average molecular weight is 311 g/mol. The van der Waals surface area contributed by atoms with Gasteiger partial charge in [0.25, 0.3) is 0 Å². The molecule has 5 N–H and O–H groups in total. The Hall–Kier alpha value is -2.32. The van der Waals surface area contributed by atoms with E-state index in [0.29, 0.717) is 17.1 Å². The van der Waals surface area contributed by atoms with Crippen LogP contribution in [0, 0.1) is 5.82 Å². The molecule has 21 heavy (non-hydrogen) atoms. The molecule has 0 aliphatic carbocycles. The zero-order valence-electron chi connectivity index (χ0n) is 11.1. The number of ether oxygens (including phenoxy) is 1. The molecule has 0 saturated carbocycles. The number of sulfonamides is 1. The van der Waals surface area contributed by atoms with Gasteiger partial charge in [-0.05, 0) is 30.3 Å². The summed E-state index contributed by atoms with van der Waals surface area (Å²) in [5.74, 6) is -0.195. The van der Waals surface area contributed by atoms with Crippen molar-refractivity contribution in [3.8, 4) is 5.75 Å². The van der Waals surface area contributed by atoms with Crippen LogP contribution in [0.15, 0.2) is 41.3 Å². The lowest BCUT2D eigenvalue weighted by molar-refractivity contribution is 0.413. The number of nitrogens with one attached hydrogen (secondary N) is 1. The van der Waals surface area contributed by atoms with Crippen LogP contribution in [0.25, 0.3) is 0 Å². The largest absolute Gasteiger partial charge is 0.494 e. The van der Waals surface area contributed by atoms with E-state index in [4.69, 9.17) is 15.6 Å². The van der Waals surface area contributed by atoms with Crippen LogP contribution >= 0.6 is 0 Å². The Labute approximate surface area is 121 Å². The zero-order valence-corrected chi connectivity index (χ0v) is 11.9. The molecular formula is C13H14FN3O3S. The molecule has 0 saturated heterocycles. The molecule has 0 aliphatic rings. The standard InChI is InChI=1S/C13H14FN3O3S/c1-20-13-6-8(14)2-5-11(13)17-12-7-9(21(16,18)19)3-4-10(12)15/h2-7,17H,15H2,1H3,(H2,16,18,19). The van der Waals surface area contributed by atoms with Crippen molar-refractivity contribution in [3.05, 3.63) is 42.2 Å². The molecule has 0 atom stereocenters. The van der Waals surface area contributed by atoms with Gasteiger partial charge in [0, 0.05) is 6.07 Å². The topological polar surface area (TPSA) is 107 Å². The van der Waals surface area contributed by atoms with Crippen LogP contribution in [0.3, 0.4) is 0 Å². The van der Waals surface area contributed by atoms with E-state index in [2.05, 4.69) is 5.32 Å². The summed E-state index contributed by atoms with van der Waals surface area (Å²) in [6.45, 7) is 0. The number of hydrogen-bond acceptors (Lipinski definition) is 5. The van der Waals surface area contributed by atoms with Crippen LogP contribution in [0.5, 0.6) is 5.75 Å². The highest BCUT2D eigenvalue weighted by molar-refractivity contribution is 7.89. The molecule has 0 bridgehead atoms. The summed E-state index contributed by atoms with van der Waals surface area (Å²) in [7, 11) is -2.45. The van der Waals surface area contributed by atoms with Gasteiger partial charge in [-0.2, -0.15) is 0 Å². The summed E-state index contributed by atoms with van der Waals surface area (Å²) in [6, 6.07) is 7.91. The van der Waals surface area contributed by atoms with E-state index < -0.39 is 15.8 Å². The van der Waals surface area contributed by atoms with E-state index >= 15 is 0 Å². The smallest absolute Gasteiger partial charge is 0.238 e. The van der Waals surface area contributed by atoms with Crippen molar-refractivity contribution in [2.45, 2.75) is 4.90 Å². The first kappa shape index (κ1) is 15.1. The van der Waals surface area contributed by atoms with Gasteiger partial charge in [-0.15, -0.1) is 0 Å². The lowest BCUT2D eigenvalue weighted by atomic mass is 10.2. The van der Waals surface area contributed by atoms with Gasteiger partial charge in [0.15, 0.2) is 0 Å². The van der Waals surface area contributed by atoms with E-state index in [1.807, 2.05) is 0 Å². The lowest BCUT2D eigenvalue weighted by Crippen LogP contribution is -2.12. The van der Waals surface area contributed by atoms with Gasteiger partial charge in [0.2, 0.25) is 10.0 Å². The van der Waals surface area contributed by atoms with Crippen molar-refractivity contribution in [1.29, 1.82) is 0 Å². The Bertz CT molecular complexity index is 778. The molecular weight excluding hydrogens is 297 g/mol. The maximum absolute atomic E-state index is 13.1. The number of halogens is 1. The minimum absolute atomic E-state index is 0.0831. The number of methoxy groups -OCH3 is 1. The molecule has 0 amide bonds. The van der Waals surface area contributed by atoms with Crippen molar-refractivity contribution >= 4 is 27.1 Å². The van der Waals surface area contributed by atoms with Crippen molar-refractivity contribution in [2.24, 2.45) is 5.14 Å². The summed E-state index contributed by atoms with van der Waals surface area (Å²) < 4.78 is 40.9. The fourth-order valence-corrected chi connectivity index (χ4v) is 2.27. The zero-order chi connectivity index (χ0) is 15.6. The van der Waals surface area contributed by atoms with Crippen LogP contribution in [-0.2, 0) is 10.0 Å². The summed E-state index contributed by atoms with van der Waals surface area (Å²) in [5.41, 5.74) is 6.87. The molecule has 2 aromatic rings. The maximum Gasteiger partial charge on any atom is 0.238 e. The molecule has 112 valence electrons. The Kier molecular flexibility index (Phi) is 4.01. The normalized spacial score (nSPS) is 11.2. The minimum atomic E-state index is -3.84. The number of primary sulfonamides is 1. The van der Waals surface area contributed by atoms with Crippen LogP contribution in [-0.4, -0.2) is 15.5 Å². The third kappa shape index (κ3) is 3.41. The summed E-state index contributed by atoms with van der Waals surface area (Å²) in [6.07, 6.45) is 0. The fourth-order valence-electron chi connectivity index (χ4n) is 1.73. The second kappa shape index (κ2) is 5.58. The third-order valence-electron chi connectivity index (χ3n) is 2.79. The number of benzene rings is 2. The van der Waals surface area contributed by atoms with Crippen molar-refractivity contribution < 1.29 is 17.5 Å². The van der Waals surface area contributed by atoms with Crippen LogP contribution in [0.2, 0.25) is 0 Å². The molecule has 8 heteroatoms. The Morgan fingerprint density at radius 3 is 2.48 bits per heavy atom. The molecule has 2 aromatic carbocycles. The molecule has 0 aromatic heterocycles. The van der Waals surface area contributed by atoms with Gasteiger partial charge in [-0.3, -0.25) is 0 Å². The second-order valence-electron chi connectivity index (χ2n) is 4.26. The van der Waals surface area contributed by atoms with E-state index in [1.165, 1.54) is 43.5 Å². The van der Waals surface area contributed by atoms with E-state index in [0.717, 1.165) is 0 Å². The monoisotopic (exact) mass is 311 g/mol. The number of nitrogen functional groups attached to an aromatic ring is 1. The van der Waals surface area contributed by atoms with Crippen LogP contribution in [0.4, 0.5) is 21.5 Å². The molecule has 0 aliphatic heterocycles. The van der Waals surface area contributed by atoms with Crippen LogP contribution in [0.1, 0.15) is 0 Å². The molecule has 6 nitrogen and oxygen atoms in total. The summed E-state index contributed by atoms with van der Waals surface area (Å²) in [4.78, 5) is -0.0831. The Morgan fingerprint density at radius 2 is 1.86 bits per heavy atom. The number of anilines is 3. The molecule has 0 heterocycles. The molecule has 0 unspecified atom stereocenters. The van der Waals surface area contributed by atoms with Crippen molar-refractivity contribution in [1.82, 2.24) is 0 Å². The van der Waals surface area contributed by atoms with E-state index in [9.17, 15) is 12.8 Å². The summed E-state index contributed by atoms with van der Waals surface area (Å²) in [5, 5.41) is 7.97. The fraction of sp³-hybridized carbons (Fsp3) is 0.0769. The Morgan fingerprint density at radius 1 is 1.14 bits per heavy atom. The number of hydrogen-bond donors (Lipinski definition) is 3. The van der Waals surface area contributed by atoms with Crippen molar-refractivity contribution in [3.63, 3.8) is 0 Å². The highest BCUT2D eigenvalue weighted by atomic mass is 32.2. The molecule has 0 spiro atoms. The number of rotatable bonds is 4. The van der Waals surface area contributed by atoms with Gasteiger partial charge < -0.3 is 15.8 Å². The van der Waals surface area contributed by atoms with Gasteiger partial charge in [0.1, 0.15) is 11.6 Å². The first-order valence-corrected chi connectivity index (χ1v) is 7.39. The quantitative estimate of drug-likeness (QED) is 0.746. The summed E-state index contributed by atoms with van der Waals surface area (Å²) >= 11 is 0. The first-order valence-electron chi connectivity index (χ1n) is 5.84. The Balaban J connectivity index is 2.44. The first-order chi connectivity index (χ1) is 9.81. The van der Waals surface area contributed by atoms with Crippen LogP contribution < -0.4 is 20.9 Å². The maximum atomic E-state index is 13.1. The van der Waals surface area contributed by atoms with E-state index in [1.54, 1.807) is 0 Å². The molecule has 0 radical (unpaired) electrons. The SMILES string of the molecule is COc1cc(F)ccc1Nc1cc(S(N)(=O)=O)ccc1N. The third-order valence-corrected chi connectivity index (χ3v) is 3.70. The van der Waals surface area contributed by atoms with Gasteiger partial charge >= 0.3 is 0 Å². The average Bonchev–Trinajstić information content (AvgIpc) is 2.41. The molecule has 0 fully saturated rings. The number of nitrogens with two attached hydrogens (primary N) is 2. The van der Waals surface area contributed by atoms with E-state index in [-0.39, 0.29) is 10.6 Å². The lowest BCUT2D eigenvalue weighted by Gasteiger charge is -2.13.